The first-order chi connectivity index (χ1) is 10.2. The van der Waals surface area contributed by atoms with E-state index < -0.39 is 0 Å². The van der Waals surface area contributed by atoms with Gasteiger partial charge in [0.1, 0.15) is 11.6 Å². The van der Waals surface area contributed by atoms with Crippen molar-refractivity contribution in [2.24, 2.45) is 0 Å². The van der Waals surface area contributed by atoms with Crippen molar-refractivity contribution in [3.63, 3.8) is 0 Å². The Morgan fingerprint density at radius 1 is 1.05 bits per heavy atom. The molecule has 0 aliphatic heterocycles. The Labute approximate surface area is 126 Å². The molecule has 0 amide bonds. The normalized spacial score (nSPS) is 12.1. The van der Waals surface area contributed by atoms with E-state index in [0.717, 1.165) is 30.9 Å². The summed E-state index contributed by atoms with van der Waals surface area (Å²) in [6.45, 7) is 5.69. The summed E-state index contributed by atoms with van der Waals surface area (Å²) in [5.41, 5.74) is 2.28. The van der Waals surface area contributed by atoms with Crippen molar-refractivity contribution in [2.45, 2.75) is 32.9 Å². The highest BCUT2D eigenvalue weighted by atomic mass is 19.1. The Morgan fingerprint density at radius 2 is 1.71 bits per heavy atom. The van der Waals surface area contributed by atoms with E-state index in [1.807, 2.05) is 24.3 Å². The fourth-order valence-electron chi connectivity index (χ4n) is 2.06. The van der Waals surface area contributed by atoms with Gasteiger partial charge in [0.25, 0.3) is 0 Å². The molecule has 3 heteroatoms. The van der Waals surface area contributed by atoms with E-state index in [-0.39, 0.29) is 11.9 Å². The summed E-state index contributed by atoms with van der Waals surface area (Å²) in [5, 5.41) is 3.43. The highest BCUT2D eigenvalue weighted by molar-refractivity contribution is 5.27. The van der Waals surface area contributed by atoms with Crippen molar-refractivity contribution in [1.82, 2.24) is 5.32 Å². The lowest BCUT2D eigenvalue weighted by Gasteiger charge is -2.14. The molecule has 0 spiro atoms. The molecular formula is C18H22FNO. The summed E-state index contributed by atoms with van der Waals surface area (Å²) in [4.78, 5) is 0. The van der Waals surface area contributed by atoms with Crippen molar-refractivity contribution < 1.29 is 9.13 Å². The highest BCUT2D eigenvalue weighted by Gasteiger charge is 2.05. The maximum atomic E-state index is 12.9. The van der Waals surface area contributed by atoms with E-state index in [4.69, 9.17) is 4.74 Å². The Hall–Kier alpha value is -1.87. The molecule has 0 aliphatic carbocycles. The zero-order valence-electron chi connectivity index (χ0n) is 12.6. The van der Waals surface area contributed by atoms with Gasteiger partial charge in [-0.3, -0.25) is 0 Å². The molecule has 1 atom stereocenters. The molecule has 0 bridgehead atoms. The summed E-state index contributed by atoms with van der Waals surface area (Å²) in [6.07, 6.45) is 1.01. The van der Waals surface area contributed by atoms with Crippen LogP contribution in [0.5, 0.6) is 5.75 Å². The molecule has 2 aromatic rings. The average Bonchev–Trinajstić information content (AvgIpc) is 2.52. The quantitative estimate of drug-likeness (QED) is 0.811. The van der Waals surface area contributed by atoms with E-state index in [1.54, 1.807) is 0 Å². The fourth-order valence-corrected chi connectivity index (χ4v) is 2.06. The largest absolute Gasteiger partial charge is 0.494 e. The molecule has 1 unspecified atom stereocenters. The van der Waals surface area contributed by atoms with Gasteiger partial charge in [-0.05, 0) is 48.7 Å². The van der Waals surface area contributed by atoms with Gasteiger partial charge in [-0.25, -0.2) is 4.39 Å². The van der Waals surface area contributed by atoms with Gasteiger partial charge in [-0.2, -0.15) is 0 Å². The minimum atomic E-state index is -0.200. The van der Waals surface area contributed by atoms with Gasteiger partial charge < -0.3 is 10.1 Å². The first-order valence-corrected chi connectivity index (χ1v) is 7.39. The monoisotopic (exact) mass is 287 g/mol. The van der Waals surface area contributed by atoms with Gasteiger partial charge in [0.15, 0.2) is 0 Å². The van der Waals surface area contributed by atoms with Gasteiger partial charge >= 0.3 is 0 Å². The molecule has 1 N–H and O–H groups in total. The molecule has 0 saturated heterocycles. The van der Waals surface area contributed by atoms with Crippen molar-refractivity contribution in [2.75, 3.05) is 6.61 Å². The molecule has 2 rings (SSSR count). The summed E-state index contributed by atoms with van der Waals surface area (Å²) in [5.74, 6) is 0.709. The second-order valence-electron chi connectivity index (χ2n) is 5.15. The topological polar surface area (TPSA) is 21.3 Å². The van der Waals surface area contributed by atoms with Crippen LogP contribution in [0.15, 0.2) is 48.5 Å². The minimum Gasteiger partial charge on any atom is -0.494 e. The van der Waals surface area contributed by atoms with Crippen molar-refractivity contribution in [1.29, 1.82) is 0 Å². The van der Waals surface area contributed by atoms with E-state index in [1.165, 1.54) is 17.7 Å². The molecule has 0 fully saturated rings. The van der Waals surface area contributed by atoms with Crippen LogP contribution < -0.4 is 10.1 Å². The predicted molar refractivity (Wildman–Crippen MR) is 83.9 cm³/mol. The average molecular weight is 287 g/mol. The minimum absolute atomic E-state index is 0.182. The first-order valence-electron chi connectivity index (χ1n) is 7.39. The Kier molecular flexibility index (Phi) is 5.76. The van der Waals surface area contributed by atoms with Crippen LogP contribution in [0.3, 0.4) is 0 Å². The van der Waals surface area contributed by atoms with Crippen LogP contribution in [-0.4, -0.2) is 6.61 Å². The van der Waals surface area contributed by atoms with Gasteiger partial charge in [-0.15, -0.1) is 0 Å². The number of ether oxygens (including phenoxy) is 1. The Balaban J connectivity index is 1.86. The van der Waals surface area contributed by atoms with Crippen LogP contribution in [0.25, 0.3) is 0 Å². The zero-order valence-corrected chi connectivity index (χ0v) is 12.6. The number of hydrogen-bond acceptors (Lipinski definition) is 2. The Bertz CT molecular complexity index is 536. The number of hydrogen-bond donors (Lipinski definition) is 1. The number of benzene rings is 2. The number of halogens is 1. The molecule has 2 aromatic carbocycles. The van der Waals surface area contributed by atoms with Crippen LogP contribution in [0.1, 0.15) is 37.4 Å². The van der Waals surface area contributed by atoms with E-state index in [9.17, 15) is 4.39 Å². The predicted octanol–water partition coefficient (Wildman–Crippen LogP) is 4.47. The smallest absolute Gasteiger partial charge is 0.123 e. The zero-order chi connectivity index (χ0) is 15.1. The van der Waals surface area contributed by atoms with Crippen molar-refractivity contribution in [3.05, 3.63) is 65.5 Å². The van der Waals surface area contributed by atoms with Crippen LogP contribution in [0, 0.1) is 5.82 Å². The van der Waals surface area contributed by atoms with Gasteiger partial charge in [0.05, 0.1) is 6.61 Å². The molecule has 21 heavy (non-hydrogen) atoms. The molecule has 0 heterocycles. The lowest BCUT2D eigenvalue weighted by molar-refractivity contribution is 0.317. The van der Waals surface area contributed by atoms with Gasteiger partial charge in [-0.1, -0.05) is 31.2 Å². The van der Waals surface area contributed by atoms with E-state index in [0.29, 0.717) is 0 Å². The summed E-state index contributed by atoms with van der Waals surface area (Å²) >= 11 is 0. The van der Waals surface area contributed by atoms with Crippen LogP contribution in [0.2, 0.25) is 0 Å². The molecule has 112 valence electrons. The van der Waals surface area contributed by atoms with Crippen molar-refractivity contribution >= 4 is 0 Å². The molecule has 0 aliphatic rings. The van der Waals surface area contributed by atoms with Crippen LogP contribution in [0.4, 0.5) is 4.39 Å². The lowest BCUT2D eigenvalue weighted by Crippen LogP contribution is -2.18. The first kappa shape index (κ1) is 15.5. The van der Waals surface area contributed by atoms with Gasteiger partial charge in [0.2, 0.25) is 0 Å². The third kappa shape index (κ3) is 4.87. The summed E-state index contributed by atoms with van der Waals surface area (Å²) < 4.78 is 18.5. The lowest BCUT2D eigenvalue weighted by atomic mass is 10.1. The highest BCUT2D eigenvalue weighted by Crippen LogP contribution is 2.15. The number of rotatable bonds is 7. The molecule has 0 aromatic heterocycles. The second kappa shape index (κ2) is 7.79. The van der Waals surface area contributed by atoms with Crippen LogP contribution >= 0.6 is 0 Å². The van der Waals surface area contributed by atoms with Crippen molar-refractivity contribution in [3.8, 4) is 5.75 Å². The summed E-state index contributed by atoms with van der Waals surface area (Å²) in [7, 11) is 0. The third-order valence-corrected chi connectivity index (χ3v) is 3.38. The molecule has 2 nitrogen and oxygen atoms in total. The maximum absolute atomic E-state index is 12.9. The van der Waals surface area contributed by atoms with Crippen LogP contribution in [-0.2, 0) is 6.54 Å². The van der Waals surface area contributed by atoms with E-state index in [2.05, 4.69) is 31.3 Å². The summed E-state index contributed by atoms with van der Waals surface area (Å²) in [6, 6.07) is 14.9. The second-order valence-corrected chi connectivity index (χ2v) is 5.15. The fraction of sp³-hybridized carbons (Fsp3) is 0.333. The molecule has 0 saturated carbocycles. The third-order valence-electron chi connectivity index (χ3n) is 3.38. The van der Waals surface area contributed by atoms with E-state index >= 15 is 0 Å². The standard InChI is InChI=1S/C18H22FNO/c1-3-12-21-18-10-4-15(5-11-18)13-20-14(2)16-6-8-17(19)9-7-16/h4-11,14,20H,3,12-13H2,1-2H3. The SMILES string of the molecule is CCCOc1ccc(CNC(C)c2ccc(F)cc2)cc1. The van der Waals surface area contributed by atoms with Gasteiger partial charge in [0, 0.05) is 12.6 Å². The Morgan fingerprint density at radius 3 is 2.33 bits per heavy atom. The molecular weight excluding hydrogens is 265 g/mol. The maximum Gasteiger partial charge on any atom is 0.123 e. The number of nitrogens with one attached hydrogen (secondary N) is 1. The molecule has 0 radical (unpaired) electrons.